The van der Waals surface area contributed by atoms with E-state index < -0.39 is 0 Å². The fraction of sp³-hybridized carbons (Fsp3) is 0.556. The maximum atomic E-state index is 5.63. The third-order valence-corrected chi connectivity index (χ3v) is 2.21. The van der Waals surface area contributed by atoms with Gasteiger partial charge in [0, 0.05) is 19.2 Å². The Morgan fingerprint density at radius 1 is 1.53 bits per heavy atom. The van der Waals surface area contributed by atoms with E-state index in [0.717, 1.165) is 19.0 Å². The van der Waals surface area contributed by atoms with Gasteiger partial charge in [-0.15, -0.1) is 0 Å². The van der Waals surface area contributed by atoms with Crippen LogP contribution in [0.25, 0.3) is 0 Å². The Hall–Kier alpha value is -1.01. The lowest BCUT2D eigenvalue weighted by Gasteiger charge is -2.07. The van der Waals surface area contributed by atoms with Gasteiger partial charge in [0.25, 0.3) is 0 Å². The van der Waals surface area contributed by atoms with Crippen LogP contribution in [0.2, 0.25) is 0 Å². The number of nitrogens with one attached hydrogen (secondary N) is 1. The van der Waals surface area contributed by atoms with Crippen molar-refractivity contribution in [3.8, 4) is 0 Å². The van der Waals surface area contributed by atoms with Crippen LogP contribution in [0.4, 0.5) is 11.6 Å². The second-order valence-electron chi connectivity index (χ2n) is 2.79. The highest BCUT2D eigenvalue weighted by Crippen LogP contribution is 2.14. The standard InChI is InChI=1S/C9H16N4OS/c1-3-14-5-4-11-8-6-7(10)12-9(13-8)15-2/h6H,3-5H2,1-2H3,(H3,10,11,12,13). The molecule has 0 unspecified atom stereocenters. The van der Waals surface area contributed by atoms with Crippen LogP contribution in [-0.2, 0) is 4.74 Å². The highest BCUT2D eigenvalue weighted by atomic mass is 32.2. The Morgan fingerprint density at radius 2 is 2.33 bits per heavy atom. The molecule has 0 saturated carbocycles. The fourth-order valence-electron chi connectivity index (χ4n) is 1.02. The van der Waals surface area contributed by atoms with Crippen molar-refractivity contribution in [1.29, 1.82) is 0 Å². The Bertz CT molecular complexity index is 308. The number of aromatic nitrogens is 2. The number of hydrogen-bond donors (Lipinski definition) is 2. The van der Waals surface area contributed by atoms with Crippen molar-refractivity contribution < 1.29 is 4.74 Å². The number of thioether (sulfide) groups is 1. The average Bonchev–Trinajstić information content (AvgIpc) is 2.23. The molecule has 0 aliphatic carbocycles. The van der Waals surface area contributed by atoms with Crippen LogP contribution in [0, 0.1) is 0 Å². The van der Waals surface area contributed by atoms with Gasteiger partial charge in [0.2, 0.25) is 0 Å². The van der Waals surface area contributed by atoms with E-state index in [2.05, 4.69) is 15.3 Å². The number of nitrogens with zero attached hydrogens (tertiary/aromatic N) is 2. The van der Waals surface area contributed by atoms with Gasteiger partial charge in [0.15, 0.2) is 5.16 Å². The molecule has 0 aliphatic rings. The quantitative estimate of drug-likeness (QED) is 0.433. The van der Waals surface area contributed by atoms with Crippen LogP contribution in [0.15, 0.2) is 11.2 Å². The minimum Gasteiger partial charge on any atom is -0.383 e. The van der Waals surface area contributed by atoms with Crippen LogP contribution < -0.4 is 11.1 Å². The number of anilines is 2. The van der Waals surface area contributed by atoms with Crippen molar-refractivity contribution in [2.75, 3.05) is 37.1 Å². The van der Waals surface area contributed by atoms with Gasteiger partial charge < -0.3 is 15.8 Å². The monoisotopic (exact) mass is 228 g/mol. The van der Waals surface area contributed by atoms with Gasteiger partial charge in [-0.2, -0.15) is 0 Å². The summed E-state index contributed by atoms with van der Waals surface area (Å²) in [5, 5.41) is 3.80. The first-order valence-electron chi connectivity index (χ1n) is 4.76. The maximum Gasteiger partial charge on any atom is 0.191 e. The summed E-state index contributed by atoms with van der Waals surface area (Å²) in [6, 6.07) is 1.71. The zero-order valence-corrected chi connectivity index (χ0v) is 9.80. The van der Waals surface area contributed by atoms with E-state index in [-0.39, 0.29) is 0 Å². The first kappa shape index (κ1) is 12.1. The van der Waals surface area contributed by atoms with Crippen molar-refractivity contribution in [1.82, 2.24) is 9.97 Å². The molecule has 1 aromatic rings. The zero-order valence-electron chi connectivity index (χ0n) is 8.99. The van der Waals surface area contributed by atoms with Gasteiger partial charge >= 0.3 is 0 Å². The summed E-state index contributed by atoms with van der Waals surface area (Å²) >= 11 is 1.47. The van der Waals surface area contributed by atoms with E-state index in [1.54, 1.807) is 6.07 Å². The van der Waals surface area contributed by atoms with Crippen LogP contribution in [-0.4, -0.2) is 36.0 Å². The van der Waals surface area contributed by atoms with E-state index in [9.17, 15) is 0 Å². The molecule has 0 atom stereocenters. The molecule has 0 aromatic carbocycles. The lowest BCUT2D eigenvalue weighted by molar-refractivity contribution is 0.158. The third kappa shape index (κ3) is 4.35. The minimum atomic E-state index is 0.480. The van der Waals surface area contributed by atoms with Gasteiger partial charge in [0.1, 0.15) is 11.6 Å². The van der Waals surface area contributed by atoms with E-state index in [1.165, 1.54) is 11.8 Å². The molecule has 0 aliphatic heterocycles. The van der Waals surface area contributed by atoms with Crippen molar-refractivity contribution in [2.24, 2.45) is 0 Å². The molecular formula is C9H16N4OS. The first-order chi connectivity index (χ1) is 7.26. The molecule has 0 bridgehead atoms. The summed E-state index contributed by atoms with van der Waals surface area (Å²) in [4.78, 5) is 8.31. The molecule has 0 saturated heterocycles. The molecule has 1 heterocycles. The molecule has 0 amide bonds. The number of rotatable bonds is 6. The largest absolute Gasteiger partial charge is 0.383 e. The van der Waals surface area contributed by atoms with Crippen molar-refractivity contribution in [3.63, 3.8) is 0 Å². The summed E-state index contributed by atoms with van der Waals surface area (Å²) < 4.78 is 5.20. The van der Waals surface area contributed by atoms with Gasteiger partial charge in [-0.1, -0.05) is 11.8 Å². The van der Waals surface area contributed by atoms with E-state index in [4.69, 9.17) is 10.5 Å². The highest BCUT2D eigenvalue weighted by molar-refractivity contribution is 7.98. The normalized spacial score (nSPS) is 10.3. The van der Waals surface area contributed by atoms with Crippen LogP contribution >= 0.6 is 11.8 Å². The summed E-state index contributed by atoms with van der Waals surface area (Å²) in [5.41, 5.74) is 5.63. The van der Waals surface area contributed by atoms with E-state index in [1.807, 2.05) is 13.2 Å². The van der Waals surface area contributed by atoms with Crippen LogP contribution in [0.1, 0.15) is 6.92 Å². The second-order valence-corrected chi connectivity index (χ2v) is 3.56. The lowest BCUT2D eigenvalue weighted by Crippen LogP contribution is -2.11. The van der Waals surface area contributed by atoms with Crippen molar-refractivity contribution in [3.05, 3.63) is 6.07 Å². The highest BCUT2D eigenvalue weighted by Gasteiger charge is 2.00. The SMILES string of the molecule is CCOCCNc1cc(N)nc(SC)n1. The topological polar surface area (TPSA) is 73.1 Å². The van der Waals surface area contributed by atoms with Gasteiger partial charge in [-0.3, -0.25) is 0 Å². The Morgan fingerprint density at radius 3 is 3.00 bits per heavy atom. The van der Waals surface area contributed by atoms with Gasteiger partial charge in [-0.05, 0) is 13.2 Å². The van der Waals surface area contributed by atoms with Gasteiger partial charge in [-0.25, -0.2) is 9.97 Å². The Labute approximate surface area is 93.8 Å². The Kier molecular flexibility index (Phi) is 5.20. The lowest BCUT2D eigenvalue weighted by atomic mass is 10.5. The molecule has 1 aromatic heterocycles. The minimum absolute atomic E-state index is 0.480. The van der Waals surface area contributed by atoms with Crippen LogP contribution in [0.3, 0.4) is 0 Å². The summed E-state index contributed by atoms with van der Waals surface area (Å²) in [7, 11) is 0. The number of nitrogen functional groups attached to an aromatic ring is 1. The third-order valence-electron chi connectivity index (χ3n) is 1.66. The average molecular weight is 228 g/mol. The molecule has 15 heavy (non-hydrogen) atoms. The molecule has 5 nitrogen and oxygen atoms in total. The van der Waals surface area contributed by atoms with Gasteiger partial charge in [0.05, 0.1) is 6.61 Å². The van der Waals surface area contributed by atoms with Crippen molar-refractivity contribution in [2.45, 2.75) is 12.1 Å². The van der Waals surface area contributed by atoms with Crippen LogP contribution in [0.5, 0.6) is 0 Å². The van der Waals surface area contributed by atoms with Crippen molar-refractivity contribution >= 4 is 23.4 Å². The molecule has 0 fully saturated rings. The van der Waals surface area contributed by atoms with E-state index >= 15 is 0 Å². The fourth-order valence-corrected chi connectivity index (χ4v) is 1.41. The molecular weight excluding hydrogens is 212 g/mol. The summed E-state index contributed by atoms with van der Waals surface area (Å²) in [6.45, 7) is 4.07. The molecule has 0 spiro atoms. The Balaban J connectivity index is 2.49. The maximum absolute atomic E-state index is 5.63. The second kappa shape index (κ2) is 6.47. The molecule has 3 N–H and O–H groups in total. The molecule has 84 valence electrons. The zero-order chi connectivity index (χ0) is 11.1. The summed E-state index contributed by atoms with van der Waals surface area (Å²) in [6.07, 6.45) is 1.92. The predicted octanol–water partition coefficient (Wildman–Crippen LogP) is 1.23. The first-order valence-corrected chi connectivity index (χ1v) is 5.99. The smallest absolute Gasteiger partial charge is 0.191 e. The number of hydrogen-bond acceptors (Lipinski definition) is 6. The molecule has 0 radical (unpaired) electrons. The molecule has 1 rings (SSSR count). The van der Waals surface area contributed by atoms with E-state index in [0.29, 0.717) is 17.6 Å². The predicted molar refractivity (Wildman–Crippen MR) is 63.2 cm³/mol. The number of nitrogens with two attached hydrogens (primary N) is 1. The summed E-state index contributed by atoms with van der Waals surface area (Å²) in [5.74, 6) is 1.22. The molecule has 6 heteroatoms. The number of ether oxygens (including phenoxy) is 1.